The van der Waals surface area contributed by atoms with Gasteiger partial charge in [0.2, 0.25) is 11.2 Å². The Bertz CT molecular complexity index is 590. The van der Waals surface area contributed by atoms with Crippen LogP contribution in [0.25, 0.3) is 0 Å². The molecule has 0 aliphatic carbocycles. The van der Waals surface area contributed by atoms with Crippen LogP contribution in [-0.4, -0.2) is 34.3 Å². The van der Waals surface area contributed by atoms with Crippen LogP contribution in [0.5, 0.6) is 11.8 Å². The second-order valence-corrected chi connectivity index (χ2v) is 5.35. The molecule has 0 bridgehead atoms. The maximum absolute atomic E-state index is 5.95. The molecule has 0 saturated heterocycles. The van der Waals surface area contributed by atoms with Crippen molar-refractivity contribution in [1.82, 2.24) is 15.0 Å². The Morgan fingerprint density at radius 2 is 1.76 bits per heavy atom. The van der Waals surface area contributed by atoms with Gasteiger partial charge in [0.15, 0.2) is 0 Å². The first kappa shape index (κ1) is 15.9. The molecule has 0 radical (unpaired) electrons. The van der Waals surface area contributed by atoms with Crippen LogP contribution >= 0.6 is 23.4 Å². The monoisotopic (exact) mass is 324 g/mol. The number of ether oxygens (including phenoxy) is 1. The molecule has 0 unspecified atom stereocenters. The van der Waals surface area contributed by atoms with Gasteiger partial charge in [0, 0.05) is 18.0 Å². The topological polar surface area (TPSA) is 51.1 Å². The maximum Gasteiger partial charge on any atom is 0.328 e. The Labute approximate surface area is 133 Å². The van der Waals surface area contributed by atoms with E-state index in [9.17, 15) is 0 Å². The van der Waals surface area contributed by atoms with Gasteiger partial charge < -0.3 is 9.64 Å². The molecule has 0 atom stereocenters. The second-order valence-electron chi connectivity index (χ2n) is 4.14. The minimum atomic E-state index is 0.127. The van der Waals surface area contributed by atoms with Gasteiger partial charge in [0.25, 0.3) is 0 Å². The largest absolute Gasteiger partial charge is 0.424 e. The first-order valence-corrected chi connectivity index (χ1v) is 8.25. The lowest BCUT2D eigenvalue weighted by Gasteiger charge is -2.18. The summed E-state index contributed by atoms with van der Waals surface area (Å²) in [5.74, 6) is 1.19. The van der Waals surface area contributed by atoms with E-state index < -0.39 is 0 Å². The summed E-state index contributed by atoms with van der Waals surface area (Å²) in [4.78, 5) is 15.6. The molecule has 0 saturated carbocycles. The van der Waals surface area contributed by atoms with Gasteiger partial charge in [-0.3, -0.25) is 0 Å². The zero-order chi connectivity index (χ0) is 15.2. The van der Waals surface area contributed by atoms with E-state index in [4.69, 9.17) is 16.3 Å². The third kappa shape index (κ3) is 4.22. The quantitative estimate of drug-likeness (QED) is 0.751. The Balaban J connectivity index is 2.22. The van der Waals surface area contributed by atoms with Gasteiger partial charge in [-0.2, -0.15) is 15.0 Å². The predicted molar refractivity (Wildman–Crippen MR) is 86.7 cm³/mol. The van der Waals surface area contributed by atoms with Gasteiger partial charge in [-0.1, -0.05) is 0 Å². The number of aromatic nitrogens is 3. The van der Waals surface area contributed by atoms with Crippen molar-refractivity contribution in [2.45, 2.75) is 18.7 Å². The molecule has 112 valence electrons. The van der Waals surface area contributed by atoms with Crippen molar-refractivity contribution in [3.8, 4) is 11.8 Å². The van der Waals surface area contributed by atoms with Crippen LogP contribution in [0.3, 0.4) is 0 Å². The van der Waals surface area contributed by atoms with Crippen molar-refractivity contribution in [2.24, 2.45) is 0 Å². The molecule has 0 aliphatic heterocycles. The normalized spacial score (nSPS) is 10.5. The summed E-state index contributed by atoms with van der Waals surface area (Å²) >= 11 is 7.62. The third-order valence-electron chi connectivity index (χ3n) is 2.89. The summed E-state index contributed by atoms with van der Waals surface area (Å²) in [5, 5.41) is 0.127. The van der Waals surface area contributed by atoms with Crippen LogP contribution in [0.4, 0.5) is 5.95 Å². The lowest BCUT2D eigenvalue weighted by atomic mass is 10.3. The number of nitrogens with zero attached hydrogens (tertiary/aromatic N) is 4. The highest BCUT2D eigenvalue weighted by Gasteiger charge is 2.11. The van der Waals surface area contributed by atoms with Crippen LogP contribution in [0.15, 0.2) is 29.2 Å². The summed E-state index contributed by atoms with van der Waals surface area (Å²) in [7, 11) is 0. The van der Waals surface area contributed by atoms with Crippen LogP contribution in [0.1, 0.15) is 13.8 Å². The lowest BCUT2D eigenvalue weighted by Crippen LogP contribution is -2.24. The predicted octanol–water partition coefficient (Wildman–Crippen LogP) is 3.89. The molecule has 0 spiro atoms. The van der Waals surface area contributed by atoms with Gasteiger partial charge in [-0.05, 0) is 56.0 Å². The molecule has 0 N–H and O–H groups in total. The second kappa shape index (κ2) is 7.47. The summed E-state index contributed by atoms with van der Waals surface area (Å²) < 4.78 is 5.66. The van der Waals surface area contributed by atoms with E-state index in [0.29, 0.717) is 11.7 Å². The fraction of sp³-hybridized carbons (Fsp3) is 0.357. The zero-order valence-electron chi connectivity index (χ0n) is 12.2. The zero-order valence-corrected chi connectivity index (χ0v) is 13.8. The Morgan fingerprint density at radius 3 is 2.33 bits per heavy atom. The maximum atomic E-state index is 5.95. The van der Waals surface area contributed by atoms with E-state index in [1.165, 1.54) is 4.90 Å². The number of halogens is 1. The molecule has 1 aromatic carbocycles. The molecule has 21 heavy (non-hydrogen) atoms. The van der Waals surface area contributed by atoms with Gasteiger partial charge in [0.05, 0.1) is 0 Å². The molecule has 2 rings (SSSR count). The van der Waals surface area contributed by atoms with Crippen LogP contribution in [0, 0.1) is 0 Å². The highest BCUT2D eigenvalue weighted by atomic mass is 35.5. The fourth-order valence-electron chi connectivity index (χ4n) is 1.76. The van der Waals surface area contributed by atoms with Crippen molar-refractivity contribution in [2.75, 3.05) is 24.2 Å². The van der Waals surface area contributed by atoms with Crippen LogP contribution in [-0.2, 0) is 0 Å². The molecule has 1 heterocycles. The molecule has 0 amide bonds. The van der Waals surface area contributed by atoms with E-state index in [1.54, 1.807) is 11.8 Å². The lowest BCUT2D eigenvalue weighted by molar-refractivity contribution is 0.439. The molecule has 0 fully saturated rings. The standard InChI is InChI=1S/C14H17ClN4OS/c1-4-19(5-2)13-16-12(15)17-14(18-13)20-10-6-8-11(21-3)9-7-10/h6-9H,4-5H2,1-3H3. The number of hydrogen-bond donors (Lipinski definition) is 0. The highest BCUT2D eigenvalue weighted by Crippen LogP contribution is 2.24. The average Bonchev–Trinajstić information content (AvgIpc) is 2.49. The minimum Gasteiger partial charge on any atom is -0.424 e. The van der Waals surface area contributed by atoms with Crippen molar-refractivity contribution < 1.29 is 4.74 Å². The van der Waals surface area contributed by atoms with Gasteiger partial charge >= 0.3 is 6.01 Å². The van der Waals surface area contributed by atoms with E-state index in [0.717, 1.165) is 13.1 Å². The van der Waals surface area contributed by atoms with E-state index in [1.807, 2.05) is 49.3 Å². The van der Waals surface area contributed by atoms with Gasteiger partial charge in [0.1, 0.15) is 5.75 Å². The fourth-order valence-corrected chi connectivity index (χ4v) is 2.32. The number of thioether (sulfide) groups is 1. The summed E-state index contributed by atoms with van der Waals surface area (Å²) in [6.07, 6.45) is 2.03. The SMILES string of the molecule is CCN(CC)c1nc(Cl)nc(Oc2ccc(SC)cc2)n1. The number of benzene rings is 1. The number of hydrogen-bond acceptors (Lipinski definition) is 6. The van der Waals surface area contributed by atoms with Gasteiger partial charge in [-0.25, -0.2) is 0 Å². The summed E-state index contributed by atoms with van der Waals surface area (Å²) in [5.41, 5.74) is 0. The van der Waals surface area contributed by atoms with E-state index >= 15 is 0 Å². The molecule has 1 aromatic heterocycles. The summed E-state index contributed by atoms with van der Waals surface area (Å²) in [6, 6.07) is 7.91. The Morgan fingerprint density at radius 1 is 1.10 bits per heavy atom. The van der Waals surface area contributed by atoms with Gasteiger partial charge in [-0.15, -0.1) is 11.8 Å². The van der Waals surface area contributed by atoms with Crippen LogP contribution in [0.2, 0.25) is 5.28 Å². The first-order chi connectivity index (χ1) is 10.2. The Kier molecular flexibility index (Phi) is 5.64. The average molecular weight is 325 g/mol. The van der Waals surface area contributed by atoms with Crippen molar-refractivity contribution in [3.63, 3.8) is 0 Å². The van der Waals surface area contributed by atoms with E-state index in [2.05, 4.69) is 15.0 Å². The van der Waals surface area contributed by atoms with E-state index in [-0.39, 0.29) is 11.3 Å². The van der Waals surface area contributed by atoms with Crippen molar-refractivity contribution in [1.29, 1.82) is 0 Å². The minimum absolute atomic E-state index is 0.127. The highest BCUT2D eigenvalue weighted by molar-refractivity contribution is 7.98. The first-order valence-electron chi connectivity index (χ1n) is 6.64. The molecule has 2 aromatic rings. The number of anilines is 1. The molecular weight excluding hydrogens is 308 g/mol. The summed E-state index contributed by atoms with van der Waals surface area (Å²) in [6.45, 7) is 5.64. The molecule has 0 aliphatic rings. The van der Waals surface area contributed by atoms with Crippen molar-refractivity contribution >= 4 is 29.3 Å². The van der Waals surface area contributed by atoms with Crippen LogP contribution < -0.4 is 9.64 Å². The smallest absolute Gasteiger partial charge is 0.328 e. The number of rotatable bonds is 6. The molecule has 5 nitrogen and oxygen atoms in total. The molecular formula is C14H17ClN4OS. The third-order valence-corrected chi connectivity index (χ3v) is 3.80. The Hall–Kier alpha value is -1.53. The van der Waals surface area contributed by atoms with Crippen molar-refractivity contribution in [3.05, 3.63) is 29.5 Å². The molecule has 7 heteroatoms.